The van der Waals surface area contributed by atoms with E-state index in [2.05, 4.69) is 62.5 Å². The van der Waals surface area contributed by atoms with E-state index in [0.717, 1.165) is 70.6 Å². The highest BCUT2D eigenvalue weighted by molar-refractivity contribution is 5.77. The number of esters is 1. The summed E-state index contributed by atoms with van der Waals surface area (Å²) < 4.78 is 5.96. The topological polar surface area (TPSA) is 95.9 Å². The van der Waals surface area contributed by atoms with Crippen molar-refractivity contribution in [2.45, 2.75) is 322 Å². The Kier molecular flexibility index (Phi) is 51.5. The second kappa shape index (κ2) is 53.0. The zero-order chi connectivity index (χ0) is 47.4. The summed E-state index contributed by atoms with van der Waals surface area (Å²) in [6, 6.07) is -0.701. The molecular weight excluding hydrogens is 803 g/mol. The minimum absolute atomic E-state index is 0.0769. The molecule has 6 heteroatoms. The summed E-state index contributed by atoms with van der Waals surface area (Å²) in [5, 5.41) is 23.9. The summed E-state index contributed by atoms with van der Waals surface area (Å²) >= 11 is 0. The Balaban J connectivity index is 4.52. The predicted molar refractivity (Wildman–Crippen MR) is 282 cm³/mol. The van der Waals surface area contributed by atoms with Crippen LogP contribution in [0, 0.1) is 0 Å². The molecule has 0 aliphatic carbocycles. The lowest BCUT2D eigenvalue weighted by atomic mass is 10.0. The number of hydrogen-bond acceptors (Lipinski definition) is 5. The van der Waals surface area contributed by atoms with Crippen LogP contribution in [0.15, 0.2) is 36.5 Å². The highest BCUT2D eigenvalue weighted by Gasteiger charge is 2.24. The normalized spacial score (nSPS) is 13.4. The number of aliphatic hydroxyl groups is 2. The van der Waals surface area contributed by atoms with Crippen molar-refractivity contribution >= 4 is 11.9 Å². The van der Waals surface area contributed by atoms with Crippen LogP contribution < -0.4 is 5.32 Å². The second-order valence-electron chi connectivity index (χ2n) is 19.7. The van der Waals surface area contributed by atoms with E-state index >= 15 is 0 Å². The Morgan fingerprint density at radius 1 is 0.462 bits per heavy atom. The molecule has 0 saturated heterocycles. The quantitative estimate of drug-likeness (QED) is 0.0321. The molecule has 0 saturated carbocycles. The maximum absolute atomic E-state index is 13.3. The minimum atomic E-state index is -0.788. The molecule has 0 aliphatic heterocycles. The highest BCUT2D eigenvalue weighted by atomic mass is 16.5. The highest BCUT2D eigenvalue weighted by Crippen LogP contribution is 2.19. The van der Waals surface area contributed by atoms with Gasteiger partial charge in [0.1, 0.15) is 6.10 Å². The van der Waals surface area contributed by atoms with Crippen LogP contribution >= 0.6 is 0 Å². The van der Waals surface area contributed by atoms with Gasteiger partial charge in [-0.2, -0.15) is 0 Å². The summed E-state index contributed by atoms with van der Waals surface area (Å²) in [6.45, 7) is 6.41. The van der Waals surface area contributed by atoms with E-state index in [0.29, 0.717) is 19.3 Å². The van der Waals surface area contributed by atoms with Gasteiger partial charge in [0, 0.05) is 6.42 Å². The van der Waals surface area contributed by atoms with Crippen molar-refractivity contribution in [3.8, 4) is 0 Å². The first-order chi connectivity index (χ1) is 32.0. The monoisotopic (exact) mass is 914 g/mol. The number of aliphatic hydroxyl groups excluding tert-OH is 2. The summed E-state index contributed by atoms with van der Waals surface area (Å²) in [4.78, 5) is 26.3. The smallest absolute Gasteiger partial charge is 0.306 e. The predicted octanol–water partition coefficient (Wildman–Crippen LogP) is 17.6. The van der Waals surface area contributed by atoms with E-state index in [9.17, 15) is 19.8 Å². The van der Waals surface area contributed by atoms with Crippen LogP contribution in [-0.4, -0.2) is 46.9 Å². The SMILES string of the molecule is CC/C=C/C/C=C/C/C=C/CCCCCCCCC(=O)OC(CCCCCCCCCCCCCCCC)CC(=O)NC(CO)C(O)CCCCCCCCCCCCCCCCCC. The molecule has 1 amide bonds. The first-order valence-electron chi connectivity index (χ1n) is 28.7. The van der Waals surface area contributed by atoms with Gasteiger partial charge in [-0.1, -0.05) is 269 Å². The van der Waals surface area contributed by atoms with Crippen molar-refractivity contribution in [3.63, 3.8) is 0 Å². The van der Waals surface area contributed by atoms with Crippen molar-refractivity contribution in [1.29, 1.82) is 0 Å². The van der Waals surface area contributed by atoms with Gasteiger partial charge in [-0.05, 0) is 57.8 Å². The molecule has 0 bridgehead atoms. The molecule has 3 atom stereocenters. The van der Waals surface area contributed by atoms with Gasteiger partial charge < -0.3 is 20.3 Å². The number of nitrogens with one attached hydrogen (secondary N) is 1. The van der Waals surface area contributed by atoms with Crippen molar-refractivity contribution < 1.29 is 24.5 Å². The molecular formula is C59H111NO5. The third kappa shape index (κ3) is 48.3. The average molecular weight is 915 g/mol. The molecule has 0 aromatic heterocycles. The third-order valence-electron chi connectivity index (χ3n) is 13.2. The van der Waals surface area contributed by atoms with E-state index in [-0.39, 0.29) is 24.9 Å². The Hall–Kier alpha value is -1.92. The number of allylic oxidation sites excluding steroid dienone is 6. The maximum atomic E-state index is 13.3. The fourth-order valence-corrected chi connectivity index (χ4v) is 8.92. The number of hydrogen-bond donors (Lipinski definition) is 3. The molecule has 3 unspecified atom stereocenters. The Morgan fingerprint density at radius 2 is 0.831 bits per heavy atom. The Bertz CT molecular complexity index is 1070. The molecule has 6 nitrogen and oxygen atoms in total. The van der Waals surface area contributed by atoms with Crippen LogP contribution in [0.4, 0.5) is 0 Å². The zero-order valence-corrected chi connectivity index (χ0v) is 43.6. The lowest BCUT2D eigenvalue weighted by Gasteiger charge is -2.24. The zero-order valence-electron chi connectivity index (χ0n) is 43.6. The van der Waals surface area contributed by atoms with Crippen LogP contribution in [0.2, 0.25) is 0 Å². The van der Waals surface area contributed by atoms with E-state index in [1.807, 2.05) is 0 Å². The number of amides is 1. The van der Waals surface area contributed by atoms with Gasteiger partial charge in [-0.15, -0.1) is 0 Å². The number of rotatable bonds is 52. The van der Waals surface area contributed by atoms with Crippen molar-refractivity contribution in [1.82, 2.24) is 5.32 Å². The minimum Gasteiger partial charge on any atom is -0.462 e. The van der Waals surface area contributed by atoms with Crippen LogP contribution in [0.1, 0.15) is 303 Å². The largest absolute Gasteiger partial charge is 0.462 e. The van der Waals surface area contributed by atoms with E-state index in [1.165, 1.54) is 186 Å². The third-order valence-corrected chi connectivity index (χ3v) is 13.2. The molecule has 3 N–H and O–H groups in total. The maximum Gasteiger partial charge on any atom is 0.306 e. The second-order valence-corrected chi connectivity index (χ2v) is 19.7. The van der Waals surface area contributed by atoms with Crippen molar-refractivity contribution in [3.05, 3.63) is 36.5 Å². The average Bonchev–Trinajstić information content (AvgIpc) is 3.30. The number of carbonyl (C=O) groups is 2. The fourth-order valence-electron chi connectivity index (χ4n) is 8.92. The Morgan fingerprint density at radius 3 is 1.26 bits per heavy atom. The molecule has 0 heterocycles. The molecule has 0 radical (unpaired) electrons. The lowest BCUT2D eigenvalue weighted by Crippen LogP contribution is -2.46. The number of unbranched alkanes of at least 4 members (excludes halogenated alkanes) is 34. The molecule has 65 heavy (non-hydrogen) atoms. The van der Waals surface area contributed by atoms with Gasteiger partial charge in [0.15, 0.2) is 0 Å². The molecule has 0 fully saturated rings. The first-order valence-corrected chi connectivity index (χ1v) is 28.7. The van der Waals surface area contributed by atoms with E-state index in [4.69, 9.17) is 4.74 Å². The van der Waals surface area contributed by atoms with Gasteiger partial charge in [-0.25, -0.2) is 0 Å². The molecule has 0 aromatic carbocycles. The number of carbonyl (C=O) groups excluding carboxylic acids is 2. The fraction of sp³-hybridized carbons (Fsp3) is 0.864. The summed E-state index contributed by atoms with van der Waals surface area (Å²) in [5.74, 6) is -0.472. The molecule has 382 valence electrons. The summed E-state index contributed by atoms with van der Waals surface area (Å²) in [5.41, 5.74) is 0. The van der Waals surface area contributed by atoms with Crippen LogP contribution in [-0.2, 0) is 14.3 Å². The lowest BCUT2D eigenvalue weighted by molar-refractivity contribution is -0.151. The van der Waals surface area contributed by atoms with Crippen molar-refractivity contribution in [2.24, 2.45) is 0 Å². The molecule has 0 aliphatic rings. The van der Waals surface area contributed by atoms with Crippen LogP contribution in [0.5, 0.6) is 0 Å². The van der Waals surface area contributed by atoms with E-state index < -0.39 is 18.2 Å². The van der Waals surface area contributed by atoms with Crippen molar-refractivity contribution in [2.75, 3.05) is 6.61 Å². The standard InChI is InChI=1S/C59H111NO5/c1-4-7-10-13-16-19-22-25-28-30-33-36-39-42-45-48-51-57(62)56(54-61)60-58(63)53-55(50-47-44-41-38-35-32-27-24-21-18-15-12-9-6-3)65-59(64)52-49-46-43-40-37-34-31-29-26-23-20-17-14-11-8-5-2/h8,11,17,20,26,29,55-57,61-62H,4-7,9-10,12-16,18-19,21-25,27-28,30-54H2,1-3H3,(H,60,63)/b11-8+,20-17+,29-26+. The van der Waals surface area contributed by atoms with E-state index in [1.54, 1.807) is 0 Å². The van der Waals surface area contributed by atoms with Gasteiger partial charge in [0.2, 0.25) is 5.91 Å². The molecule has 0 rings (SSSR count). The first kappa shape index (κ1) is 63.1. The number of ether oxygens (including phenoxy) is 1. The van der Waals surface area contributed by atoms with Gasteiger partial charge in [0.05, 0.1) is 25.2 Å². The summed E-state index contributed by atoms with van der Waals surface area (Å²) in [6.07, 6.45) is 63.5. The van der Waals surface area contributed by atoms with Crippen LogP contribution in [0.25, 0.3) is 0 Å². The molecule has 0 aromatic rings. The summed E-state index contributed by atoms with van der Waals surface area (Å²) in [7, 11) is 0. The van der Waals surface area contributed by atoms with Gasteiger partial charge >= 0.3 is 5.97 Å². The van der Waals surface area contributed by atoms with Crippen LogP contribution in [0.3, 0.4) is 0 Å². The Labute approximate surface area is 404 Å². The molecule has 0 spiro atoms. The van der Waals surface area contributed by atoms with Gasteiger partial charge in [-0.3, -0.25) is 9.59 Å². The van der Waals surface area contributed by atoms with Gasteiger partial charge in [0.25, 0.3) is 0 Å².